The molecule has 0 aliphatic carbocycles. The van der Waals surface area contributed by atoms with Gasteiger partial charge in [-0.2, -0.15) is 0 Å². The minimum atomic E-state index is -0.0799. The molecule has 1 rings (SSSR count). The van der Waals surface area contributed by atoms with Crippen molar-refractivity contribution in [2.24, 2.45) is 5.73 Å². The largest absolute Gasteiger partial charge is 0.391 e. The predicted octanol–water partition coefficient (Wildman–Crippen LogP) is 2.31. The standard InChI is InChI=1S/C12H17NOS/c1-2-11(12(13)15)14-9-8-10-6-4-3-5-7-10/h3-7,11H,2,8-9H2,1H3,(H2,13,15). The van der Waals surface area contributed by atoms with Crippen molar-refractivity contribution >= 4 is 17.2 Å². The van der Waals surface area contributed by atoms with Crippen molar-refractivity contribution in [3.05, 3.63) is 35.9 Å². The van der Waals surface area contributed by atoms with Crippen LogP contribution in [0, 0.1) is 0 Å². The molecule has 2 nitrogen and oxygen atoms in total. The molecule has 0 aliphatic rings. The van der Waals surface area contributed by atoms with Gasteiger partial charge in [-0.3, -0.25) is 0 Å². The lowest BCUT2D eigenvalue weighted by atomic mass is 10.2. The van der Waals surface area contributed by atoms with E-state index >= 15 is 0 Å². The first-order valence-electron chi connectivity index (χ1n) is 5.19. The Morgan fingerprint density at radius 2 is 2.07 bits per heavy atom. The molecular formula is C12H17NOS. The summed E-state index contributed by atoms with van der Waals surface area (Å²) in [5.74, 6) is 0. The normalized spacial score (nSPS) is 12.3. The van der Waals surface area contributed by atoms with Crippen LogP contribution in [-0.2, 0) is 11.2 Å². The summed E-state index contributed by atoms with van der Waals surface area (Å²) >= 11 is 4.90. The zero-order valence-corrected chi connectivity index (χ0v) is 9.80. The molecule has 0 fully saturated rings. The summed E-state index contributed by atoms with van der Waals surface area (Å²) < 4.78 is 5.59. The second-order valence-electron chi connectivity index (χ2n) is 3.41. The van der Waals surface area contributed by atoms with E-state index in [-0.39, 0.29) is 6.10 Å². The SMILES string of the molecule is CCC(OCCc1ccccc1)C(N)=S. The van der Waals surface area contributed by atoms with Gasteiger partial charge in [-0.25, -0.2) is 0 Å². The molecule has 15 heavy (non-hydrogen) atoms. The number of nitrogens with two attached hydrogens (primary N) is 1. The fourth-order valence-corrected chi connectivity index (χ4v) is 1.60. The molecule has 1 aromatic rings. The van der Waals surface area contributed by atoms with Gasteiger partial charge in [0.15, 0.2) is 0 Å². The first-order chi connectivity index (χ1) is 7.24. The molecular weight excluding hydrogens is 206 g/mol. The van der Waals surface area contributed by atoms with Crippen molar-refractivity contribution < 1.29 is 4.74 Å². The van der Waals surface area contributed by atoms with Gasteiger partial charge in [0.2, 0.25) is 0 Å². The van der Waals surface area contributed by atoms with E-state index in [9.17, 15) is 0 Å². The number of rotatable bonds is 6. The highest BCUT2D eigenvalue weighted by atomic mass is 32.1. The molecule has 1 aromatic carbocycles. The molecule has 1 unspecified atom stereocenters. The van der Waals surface area contributed by atoms with Crippen LogP contribution in [0.25, 0.3) is 0 Å². The van der Waals surface area contributed by atoms with Gasteiger partial charge in [-0.1, -0.05) is 49.5 Å². The number of thiocarbonyl (C=S) groups is 1. The lowest BCUT2D eigenvalue weighted by molar-refractivity contribution is 0.0987. The smallest absolute Gasteiger partial charge is 0.107 e. The Labute approximate surface area is 96.4 Å². The van der Waals surface area contributed by atoms with E-state index in [0.717, 1.165) is 12.8 Å². The molecule has 0 saturated carbocycles. The van der Waals surface area contributed by atoms with Crippen LogP contribution >= 0.6 is 12.2 Å². The third-order valence-corrected chi connectivity index (χ3v) is 2.50. The molecule has 3 heteroatoms. The van der Waals surface area contributed by atoms with Crippen LogP contribution in [0.1, 0.15) is 18.9 Å². The van der Waals surface area contributed by atoms with Gasteiger partial charge in [0, 0.05) is 0 Å². The third-order valence-electron chi connectivity index (χ3n) is 2.24. The predicted molar refractivity (Wildman–Crippen MR) is 67.0 cm³/mol. The van der Waals surface area contributed by atoms with E-state index in [2.05, 4.69) is 12.1 Å². The molecule has 2 N–H and O–H groups in total. The summed E-state index contributed by atoms with van der Waals surface area (Å²) in [5.41, 5.74) is 6.81. The van der Waals surface area contributed by atoms with Crippen molar-refractivity contribution in [2.45, 2.75) is 25.9 Å². The van der Waals surface area contributed by atoms with Gasteiger partial charge in [0.1, 0.15) is 11.1 Å². The maximum absolute atomic E-state index is 5.59. The average Bonchev–Trinajstić information content (AvgIpc) is 2.25. The fourth-order valence-electron chi connectivity index (χ4n) is 1.36. The van der Waals surface area contributed by atoms with Gasteiger partial charge in [-0.05, 0) is 18.4 Å². The van der Waals surface area contributed by atoms with Crippen LogP contribution in [0.2, 0.25) is 0 Å². The van der Waals surface area contributed by atoms with Crippen molar-refractivity contribution in [2.75, 3.05) is 6.61 Å². The van der Waals surface area contributed by atoms with Crippen LogP contribution in [0.15, 0.2) is 30.3 Å². The van der Waals surface area contributed by atoms with Crippen LogP contribution in [-0.4, -0.2) is 17.7 Å². The van der Waals surface area contributed by atoms with E-state index in [1.165, 1.54) is 5.56 Å². The Morgan fingerprint density at radius 3 is 2.60 bits per heavy atom. The van der Waals surface area contributed by atoms with Crippen molar-refractivity contribution in [3.63, 3.8) is 0 Å². The minimum absolute atomic E-state index is 0.0799. The van der Waals surface area contributed by atoms with Gasteiger partial charge in [0.05, 0.1) is 6.61 Å². The molecule has 0 aromatic heterocycles. The van der Waals surface area contributed by atoms with Gasteiger partial charge in [-0.15, -0.1) is 0 Å². The summed E-state index contributed by atoms with van der Waals surface area (Å²) in [6, 6.07) is 10.2. The zero-order chi connectivity index (χ0) is 11.1. The Hall–Kier alpha value is -0.930. The van der Waals surface area contributed by atoms with E-state index in [1.807, 2.05) is 25.1 Å². The molecule has 0 spiro atoms. The maximum atomic E-state index is 5.59. The Bertz CT molecular complexity index is 300. The molecule has 1 atom stereocenters. The Balaban J connectivity index is 2.30. The highest BCUT2D eigenvalue weighted by molar-refractivity contribution is 7.80. The summed E-state index contributed by atoms with van der Waals surface area (Å²) in [6.45, 7) is 2.69. The molecule has 0 radical (unpaired) electrons. The number of hydrogen-bond donors (Lipinski definition) is 1. The summed E-state index contributed by atoms with van der Waals surface area (Å²) in [5, 5.41) is 0. The molecule has 0 heterocycles. The van der Waals surface area contributed by atoms with Crippen LogP contribution in [0.3, 0.4) is 0 Å². The van der Waals surface area contributed by atoms with Crippen LogP contribution < -0.4 is 5.73 Å². The van der Waals surface area contributed by atoms with Crippen molar-refractivity contribution in [1.82, 2.24) is 0 Å². The first kappa shape index (κ1) is 12.1. The van der Waals surface area contributed by atoms with E-state index in [1.54, 1.807) is 0 Å². The number of ether oxygens (including phenoxy) is 1. The third kappa shape index (κ3) is 4.40. The lowest BCUT2D eigenvalue weighted by Gasteiger charge is -2.14. The van der Waals surface area contributed by atoms with Crippen molar-refractivity contribution in [1.29, 1.82) is 0 Å². The molecule has 0 saturated heterocycles. The van der Waals surface area contributed by atoms with E-state index < -0.39 is 0 Å². The summed E-state index contributed by atoms with van der Waals surface area (Å²) in [7, 11) is 0. The lowest BCUT2D eigenvalue weighted by Crippen LogP contribution is -2.29. The molecule has 0 amide bonds. The topological polar surface area (TPSA) is 35.2 Å². The fraction of sp³-hybridized carbons (Fsp3) is 0.417. The zero-order valence-electron chi connectivity index (χ0n) is 8.98. The highest BCUT2D eigenvalue weighted by Crippen LogP contribution is 2.03. The van der Waals surface area contributed by atoms with Gasteiger partial charge < -0.3 is 10.5 Å². The Morgan fingerprint density at radius 1 is 1.40 bits per heavy atom. The van der Waals surface area contributed by atoms with E-state index in [0.29, 0.717) is 11.6 Å². The molecule has 0 aliphatic heterocycles. The average molecular weight is 223 g/mol. The number of benzene rings is 1. The second-order valence-corrected chi connectivity index (χ2v) is 3.88. The van der Waals surface area contributed by atoms with Gasteiger partial charge >= 0.3 is 0 Å². The second kappa shape index (κ2) is 6.53. The minimum Gasteiger partial charge on any atom is -0.391 e. The molecule has 82 valence electrons. The number of hydrogen-bond acceptors (Lipinski definition) is 2. The summed E-state index contributed by atoms with van der Waals surface area (Å²) in [4.78, 5) is 0.450. The van der Waals surface area contributed by atoms with Crippen molar-refractivity contribution in [3.8, 4) is 0 Å². The Kier molecular flexibility index (Phi) is 5.29. The maximum Gasteiger partial charge on any atom is 0.107 e. The highest BCUT2D eigenvalue weighted by Gasteiger charge is 2.08. The van der Waals surface area contributed by atoms with Crippen LogP contribution in [0.4, 0.5) is 0 Å². The van der Waals surface area contributed by atoms with E-state index in [4.69, 9.17) is 22.7 Å². The van der Waals surface area contributed by atoms with Crippen LogP contribution in [0.5, 0.6) is 0 Å². The quantitative estimate of drug-likeness (QED) is 0.752. The molecule has 0 bridgehead atoms. The summed E-state index contributed by atoms with van der Waals surface area (Å²) in [6.07, 6.45) is 1.66. The monoisotopic (exact) mass is 223 g/mol. The first-order valence-corrected chi connectivity index (χ1v) is 5.59. The van der Waals surface area contributed by atoms with Gasteiger partial charge in [0.25, 0.3) is 0 Å².